The Kier molecular flexibility index (Phi) is 6.68. The maximum atomic E-state index is 12.2. The van der Waals surface area contributed by atoms with E-state index in [1.807, 2.05) is 23.1 Å². The van der Waals surface area contributed by atoms with Crippen molar-refractivity contribution in [2.45, 2.75) is 19.8 Å². The summed E-state index contributed by atoms with van der Waals surface area (Å²) in [5.74, 6) is 0.842. The molecule has 1 aromatic rings. The van der Waals surface area contributed by atoms with Crippen molar-refractivity contribution in [1.29, 1.82) is 0 Å². The Balaban J connectivity index is 1.74. The number of aryl methyl sites for hydroxylation is 1. The van der Waals surface area contributed by atoms with Gasteiger partial charge in [0.25, 0.3) is 5.91 Å². The molecule has 0 saturated carbocycles. The molecular formula is C17H27N3O2. The molecule has 1 aliphatic heterocycles. The van der Waals surface area contributed by atoms with Gasteiger partial charge in [-0.15, -0.1) is 0 Å². The van der Waals surface area contributed by atoms with E-state index in [0.29, 0.717) is 0 Å². The Bertz CT molecular complexity index is 471. The smallest absolute Gasteiger partial charge is 0.260 e. The third-order valence-corrected chi connectivity index (χ3v) is 4.07. The van der Waals surface area contributed by atoms with Gasteiger partial charge >= 0.3 is 0 Å². The van der Waals surface area contributed by atoms with Crippen LogP contribution in [-0.2, 0) is 11.2 Å². The molecule has 1 amide bonds. The van der Waals surface area contributed by atoms with Crippen LogP contribution < -0.4 is 10.5 Å². The molecule has 5 nitrogen and oxygen atoms in total. The average Bonchev–Trinajstić information content (AvgIpc) is 2.58. The first kappa shape index (κ1) is 16.8. The second kappa shape index (κ2) is 8.76. The van der Waals surface area contributed by atoms with Crippen molar-refractivity contribution in [1.82, 2.24) is 9.80 Å². The minimum absolute atomic E-state index is 0.0698. The Morgan fingerprint density at radius 1 is 1.27 bits per heavy atom. The van der Waals surface area contributed by atoms with Crippen LogP contribution in [0, 0.1) is 0 Å². The zero-order chi connectivity index (χ0) is 15.8. The van der Waals surface area contributed by atoms with E-state index in [1.54, 1.807) is 0 Å². The minimum atomic E-state index is 0.0698. The van der Waals surface area contributed by atoms with Crippen molar-refractivity contribution < 1.29 is 9.53 Å². The molecule has 1 saturated heterocycles. The summed E-state index contributed by atoms with van der Waals surface area (Å²) in [6.07, 6.45) is 1.99. The summed E-state index contributed by atoms with van der Waals surface area (Å²) in [5.41, 5.74) is 6.75. The van der Waals surface area contributed by atoms with Gasteiger partial charge in [-0.3, -0.25) is 9.69 Å². The van der Waals surface area contributed by atoms with E-state index in [4.69, 9.17) is 10.5 Å². The summed E-state index contributed by atoms with van der Waals surface area (Å²) in [6, 6.07) is 7.93. The molecule has 0 radical (unpaired) electrons. The topological polar surface area (TPSA) is 58.8 Å². The number of carbonyl (C=O) groups is 1. The van der Waals surface area contributed by atoms with Gasteiger partial charge in [-0.2, -0.15) is 0 Å². The van der Waals surface area contributed by atoms with E-state index in [-0.39, 0.29) is 12.5 Å². The van der Waals surface area contributed by atoms with Crippen molar-refractivity contribution >= 4 is 5.91 Å². The number of piperazine rings is 1. The molecule has 0 bridgehead atoms. The number of hydrogen-bond donors (Lipinski definition) is 1. The molecule has 122 valence electrons. The number of ether oxygens (including phenoxy) is 1. The number of benzene rings is 1. The molecule has 1 heterocycles. The number of hydrogen-bond acceptors (Lipinski definition) is 4. The summed E-state index contributed by atoms with van der Waals surface area (Å²) < 4.78 is 5.63. The quantitative estimate of drug-likeness (QED) is 0.820. The molecule has 1 aromatic carbocycles. The molecule has 2 rings (SSSR count). The Labute approximate surface area is 133 Å². The van der Waals surface area contributed by atoms with Crippen LogP contribution in [0.25, 0.3) is 0 Å². The number of carbonyl (C=O) groups excluding carboxylic acids is 1. The lowest BCUT2D eigenvalue weighted by molar-refractivity contribution is -0.135. The summed E-state index contributed by atoms with van der Waals surface area (Å²) in [6.45, 7) is 7.39. The van der Waals surface area contributed by atoms with Crippen molar-refractivity contribution in [3.63, 3.8) is 0 Å². The summed E-state index contributed by atoms with van der Waals surface area (Å²) in [5, 5.41) is 0. The van der Waals surface area contributed by atoms with E-state index in [9.17, 15) is 4.79 Å². The molecule has 1 fully saturated rings. The first-order chi connectivity index (χ1) is 10.7. The van der Waals surface area contributed by atoms with Crippen LogP contribution in [0.2, 0.25) is 0 Å². The van der Waals surface area contributed by atoms with Crippen LogP contribution in [0.1, 0.15) is 18.9 Å². The highest BCUT2D eigenvalue weighted by atomic mass is 16.5. The first-order valence-corrected chi connectivity index (χ1v) is 8.15. The molecule has 0 aromatic heterocycles. The maximum Gasteiger partial charge on any atom is 0.260 e. The molecule has 0 aliphatic carbocycles. The predicted octanol–water partition coefficient (Wildman–Crippen LogP) is 1.12. The monoisotopic (exact) mass is 305 g/mol. The highest BCUT2D eigenvalue weighted by Gasteiger charge is 2.20. The molecule has 5 heteroatoms. The fourth-order valence-corrected chi connectivity index (χ4v) is 2.63. The first-order valence-electron chi connectivity index (χ1n) is 8.15. The van der Waals surface area contributed by atoms with Crippen LogP contribution >= 0.6 is 0 Å². The summed E-state index contributed by atoms with van der Waals surface area (Å²) in [4.78, 5) is 16.5. The largest absolute Gasteiger partial charge is 0.484 e. The van der Waals surface area contributed by atoms with Gasteiger partial charge in [0.05, 0.1) is 0 Å². The van der Waals surface area contributed by atoms with Gasteiger partial charge < -0.3 is 15.4 Å². The zero-order valence-corrected chi connectivity index (χ0v) is 13.5. The third-order valence-electron chi connectivity index (χ3n) is 4.07. The van der Waals surface area contributed by atoms with Gasteiger partial charge in [-0.1, -0.05) is 19.1 Å². The maximum absolute atomic E-state index is 12.2. The lowest BCUT2D eigenvalue weighted by atomic mass is 10.2. The number of rotatable bonds is 7. The lowest BCUT2D eigenvalue weighted by Crippen LogP contribution is -2.50. The van der Waals surface area contributed by atoms with E-state index in [0.717, 1.165) is 57.9 Å². The summed E-state index contributed by atoms with van der Waals surface area (Å²) >= 11 is 0. The molecule has 0 unspecified atom stereocenters. The van der Waals surface area contributed by atoms with Gasteiger partial charge in [-0.25, -0.2) is 0 Å². The van der Waals surface area contributed by atoms with Gasteiger partial charge in [0.2, 0.25) is 0 Å². The van der Waals surface area contributed by atoms with Crippen molar-refractivity contribution in [2.75, 3.05) is 45.9 Å². The van der Waals surface area contributed by atoms with Crippen molar-refractivity contribution in [3.05, 3.63) is 29.8 Å². The third kappa shape index (κ3) is 5.00. The molecule has 22 heavy (non-hydrogen) atoms. The van der Waals surface area contributed by atoms with Gasteiger partial charge in [0, 0.05) is 26.2 Å². The van der Waals surface area contributed by atoms with Crippen LogP contribution in [0.3, 0.4) is 0 Å². The van der Waals surface area contributed by atoms with Crippen molar-refractivity contribution in [3.8, 4) is 5.75 Å². The number of amides is 1. The fourth-order valence-electron chi connectivity index (χ4n) is 2.63. The lowest BCUT2D eigenvalue weighted by Gasteiger charge is -2.34. The second-order valence-electron chi connectivity index (χ2n) is 5.65. The van der Waals surface area contributed by atoms with Crippen LogP contribution in [0.4, 0.5) is 0 Å². The molecule has 2 N–H and O–H groups in total. The summed E-state index contributed by atoms with van der Waals surface area (Å²) in [7, 11) is 0. The Morgan fingerprint density at radius 2 is 2.05 bits per heavy atom. The Morgan fingerprint density at radius 3 is 2.73 bits per heavy atom. The van der Waals surface area contributed by atoms with E-state index >= 15 is 0 Å². The number of nitrogens with zero attached hydrogens (tertiary/aromatic N) is 2. The number of nitrogens with two attached hydrogens (primary N) is 1. The van der Waals surface area contributed by atoms with Crippen LogP contribution in [0.15, 0.2) is 24.3 Å². The normalized spacial score (nSPS) is 15.8. The van der Waals surface area contributed by atoms with Gasteiger partial charge in [-0.05, 0) is 43.6 Å². The minimum Gasteiger partial charge on any atom is -0.484 e. The molecule has 1 aliphatic rings. The molecule has 0 atom stereocenters. The zero-order valence-electron chi connectivity index (χ0n) is 13.5. The van der Waals surface area contributed by atoms with Crippen LogP contribution in [-0.4, -0.2) is 61.6 Å². The SMILES string of the molecule is CCc1cccc(OCC(=O)N2CCN(CCCN)CC2)c1. The van der Waals surface area contributed by atoms with Gasteiger partial charge in [0.1, 0.15) is 5.75 Å². The molecule has 0 spiro atoms. The standard InChI is InChI=1S/C17H27N3O2/c1-2-15-5-3-6-16(13-15)22-14-17(21)20-11-9-19(10-12-20)8-4-7-18/h3,5-6,13H,2,4,7-12,14,18H2,1H3. The van der Waals surface area contributed by atoms with Crippen molar-refractivity contribution in [2.24, 2.45) is 5.73 Å². The molecular weight excluding hydrogens is 278 g/mol. The van der Waals surface area contributed by atoms with E-state index in [2.05, 4.69) is 17.9 Å². The average molecular weight is 305 g/mol. The second-order valence-corrected chi connectivity index (χ2v) is 5.65. The fraction of sp³-hybridized carbons (Fsp3) is 0.588. The highest BCUT2D eigenvalue weighted by molar-refractivity contribution is 5.77. The predicted molar refractivity (Wildman–Crippen MR) is 88.0 cm³/mol. The van der Waals surface area contributed by atoms with Gasteiger partial charge in [0.15, 0.2) is 6.61 Å². The van der Waals surface area contributed by atoms with E-state index < -0.39 is 0 Å². The highest BCUT2D eigenvalue weighted by Crippen LogP contribution is 2.14. The van der Waals surface area contributed by atoms with E-state index in [1.165, 1.54) is 5.56 Å². The Hall–Kier alpha value is -1.59. The van der Waals surface area contributed by atoms with Crippen LogP contribution in [0.5, 0.6) is 5.75 Å².